The molecule has 1 amide bonds. The van der Waals surface area contributed by atoms with Crippen LogP contribution in [0.25, 0.3) is 22.3 Å². The Morgan fingerprint density at radius 2 is 1.97 bits per heavy atom. The van der Waals surface area contributed by atoms with Gasteiger partial charge in [0.2, 0.25) is 11.7 Å². The first-order chi connectivity index (χ1) is 15.2. The summed E-state index contributed by atoms with van der Waals surface area (Å²) in [5, 5.41) is 14.7. The number of rotatable bonds is 10. The molecule has 1 saturated heterocycles. The van der Waals surface area contributed by atoms with Crippen LogP contribution in [0.3, 0.4) is 0 Å². The Kier molecular flexibility index (Phi) is 6.89. The lowest BCUT2D eigenvalue weighted by Gasteiger charge is -2.17. The van der Waals surface area contributed by atoms with Crippen molar-refractivity contribution in [2.45, 2.75) is 77.3 Å². The normalized spacial score (nSPS) is 16.4. The van der Waals surface area contributed by atoms with Gasteiger partial charge in [0.05, 0.1) is 0 Å². The van der Waals surface area contributed by atoms with Gasteiger partial charge in [-0.05, 0) is 31.4 Å². The van der Waals surface area contributed by atoms with E-state index in [1.807, 2.05) is 12.1 Å². The Morgan fingerprint density at radius 3 is 2.77 bits per heavy atom. The van der Waals surface area contributed by atoms with E-state index in [1.54, 1.807) is 0 Å². The third kappa shape index (κ3) is 4.75. The first-order valence-electron chi connectivity index (χ1n) is 11.6. The van der Waals surface area contributed by atoms with Crippen LogP contribution in [0.5, 0.6) is 0 Å². The molecule has 31 heavy (non-hydrogen) atoms. The van der Waals surface area contributed by atoms with Gasteiger partial charge in [-0.25, -0.2) is 4.79 Å². The maximum atomic E-state index is 11.4. The average Bonchev–Trinajstić information content (AvgIpc) is 3.51. The fourth-order valence-corrected chi connectivity index (χ4v) is 4.59. The topological polar surface area (TPSA) is 84.4 Å². The molecule has 7 heteroatoms. The highest BCUT2D eigenvalue weighted by Gasteiger charge is 2.34. The second kappa shape index (κ2) is 9.98. The van der Waals surface area contributed by atoms with Crippen LogP contribution in [-0.4, -0.2) is 37.4 Å². The number of aryl methyl sites for hydroxylation is 1. The number of carboxylic acid groups (broad SMARTS) is 1. The summed E-state index contributed by atoms with van der Waals surface area (Å²) in [6.07, 6.45) is 11.8. The van der Waals surface area contributed by atoms with Crippen LogP contribution in [0.1, 0.15) is 76.6 Å². The van der Waals surface area contributed by atoms with Crippen molar-refractivity contribution in [3.05, 3.63) is 36.4 Å². The summed E-state index contributed by atoms with van der Waals surface area (Å²) in [7, 11) is 0. The SMILES string of the molecule is CCCCCCCCCn1ccc2c(-c3noc([C@@H]4CCCN4C(=O)O)n3)cccc21. The molecule has 166 valence electrons. The fourth-order valence-electron chi connectivity index (χ4n) is 4.59. The number of fused-ring (bicyclic) bond motifs is 1. The molecule has 3 aromatic rings. The molecule has 3 heterocycles. The predicted molar refractivity (Wildman–Crippen MR) is 120 cm³/mol. The Balaban J connectivity index is 1.45. The zero-order valence-corrected chi connectivity index (χ0v) is 18.3. The molecule has 0 saturated carbocycles. The van der Waals surface area contributed by atoms with Crippen LogP contribution >= 0.6 is 0 Å². The van der Waals surface area contributed by atoms with Gasteiger partial charge in [-0.2, -0.15) is 4.98 Å². The molecule has 1 fully saturated rings. The average molecular weight is 425 g/mol. The lowest BCUT2D eigenvalue weighted by Crippen LogP contribution is -2.28. The van der Waals surface area contributed by atoms with Crippen molar-refractivity contribution in [3.8, 4) is 11.4 Å². The molecule has 1 N–H and O–H groups in total. The van der Waals surface area contributed by atoms with E-state index in [0.717, 1.165) is 23.9 Å². The maximum Gasteiger partial charge on any atom is 0.407 e. The van der Waals surface area contributed by atoms with E-state index in [4.69, 9.17) is 4.52 Å². The lowest BCUT2D eigenvalue weighted by molar-refractivity contribution is 0.131. The number of amides is 1. The molecule has 0 aliphatic carbocycles. The van der Waals surface area contributed by atoms with Gasteiger partial charge in [-0.15, -0.1) is 0 Å². The standard InChI is InChI=1S/C24H32N4O3/c1-2-3-4-5-6-7-8-15-27-17-14-18-19(11-9-12-20(18)27)22-25-23(31-26-22)21-13-10-16-28(21)24(29)30/h9,11-12,14,17,21H,2-8,10,13,15-16H2,1H3,(H,29,30)/t21-/m0/s1. The number of carbonyl (C=O) groups is 1. The molecule has 1 aromatic carbocycles. The third-order valence-electron chi connectivity index (χ3n) is 6.28. The van der Waals surface area contributed by atoms with Crippen molar-refractivity contribution >= 4 is 17.0 Å². The molecule has 7 nitrogen and oxygen atoms in total. The minimum atomic E-state index is -0.938. The van der Waals surface area contributed by atoms with Crippen molar-refractivity contribution in [2.75, 3.05) is 6.54 Å². The summed E-state index contributed by atoms with van der Waals surface area (Å²) in [5.41, 5.74) is 2.09. The molecule has 4 rings (SSSR count). The second-order valence-corrected chi connectivity index (χ2v) is 8.46. The summed E-state index contributed by atoms with van der Waals surface area (Å²) in [6, 6.07) is 7.91. The Bertz CT molecular complexity index is 1010. The van der Waals surface area contributed by atoms with Crippen LogP contribution in [0.15, 0.2) is 35.0 Å². The van der Waals surface area contributed by atoms with Crippen molar-refractivity contribution in [3.63, 3.8) is 0 Å². The van der Waals surface area contributed by atoms with Crippen molar-refractivity contribution in [2.24, 2.45) is 0 Å². The Morgan fingerprint density at radius 1 is 1.16 bits per heavy atom. The molecule has 0 radical (unpaired) electrons. The Hall–Kier alpha value is -2.83. The van der Waals surface area contributed by atoms with Crippen LogP contribution < -0.4 is 0 Å². The summed E-state index contributed by atoms with van der Waals surface area (Å²) in [4.78, 5) is 17.4. The van der Waals surface area contributed by atoms with Crippen LogP contribution in [0.4, 0.5) is 4.79 Å². The highest BCUT2D eigenvalue weighted by molar-refractivity contribution is 5.93. The van der Waals surface area contributed by atoms with E-state index < -0.39 is 6.09 Å². The first-order valence-corrected chi connectivity index (χ1v) is 11.6. The number of hydrogen-bond acceptors (Lipinski definition) is 4. The Labute approximate surface area is 183 Å². The van der Waals surface area contributed by atoms with Gasteiger partial charge in [0.15, 0.2) is 0 Å². The van der Waals surface area contributed by atoms with Gasteiger partial charge < -0.3 is 14.2 Å². The van der Waals surface area contributed by atoms with Crippen molar-refractivity contribution < 1.29 is 14.4 Å². The van der Waals surface area contributed by atoms with E-state index >= 15 is 0 Å². The summed E-state index contributed by atoms with van der Waals surface area (Å²) in [6.45, 7) is 3.77. The number of nitrogens with zero attached hydrogens (tertiary/aromatic N) is 4. The van der Waals surface area contributed by atoms with Crippen LogP contribution in [0.2, 0.25) is 0 Å². The van der Waals surface area contributed by atoms with Crippen molar-refractivity contribution in [1.29, 1.82) is 0 Å². The van der Waals surface area contributed by atoms with Crippen molar-refractivity contribution in [1.82, 2.24) is 19.6 Å². The molecule has 0 unspecified atom stereocenters. The van der Waals surface area contributed by atoms with E-state index in [0.29, 0.717) is 24.7 Å². The van der Waals surface area contributed by atoms with Gasteiger partial charge in [-0.1, -0.05) is 62.7 Å². The van der Waals surface area contributed by atoms with E-state index in [-0.39, 0.29) is 6.04 Å². The number of aromatic nitrogens is 3. The van der Waals surface area contributed by atoms with Gasteiger partial charge in [-0.3, -0.25) is 4.90 Å². The first kappa shape index (κ1) is 21.4. The second-order valence-electron chi connectivity index (χ2n) is 8.46. The lowest BCUT2D eigenvalue weighted by atomic mass is 10.1. The number of likely N-dealkylation sites (tertiary alicyclic amines) is 1. The largest absolute Gasteiger partial charge is 0.465 e. The zero-order valence-electron chi connectivity index (χ0n) is 18.3. The molecule has 2 aromatic heterocycles. The third-order valence-corrected chi connectivity index (χ3v) is 6.28. The predicted octanol–water partition coefficient (Wildman–Crippen LogP) is 6.26. The van der Waals surface area contributed by atoms with E-state index in [1.165, 1.54) is 55.4 Å². The molecular weight excluding hydrogens is 392 g/mol. The van der Waals surface area contributed by atoms with Gasteiger partial charge in [0.25, 0.3) is 0 Å². The number of unbranched alkanes of at least 4 members (excludes halogenated alkanes) is 6. The van der Waals surface area contributed by atoms with Gasteiger partial charge >= 0.3 is 6.09 Å². The maximum absolute atomic E-state index is 11.4. The minimum absolute atomic E-state index is 0.347. The number of hydrogen-bond donors (Lipinski definition) is 1. The number of benzene rings is 1. The summed E-state index contributed by atoms with van der Waals surface area (Å²) < 4.78 is 7.79. The monoisotopic (exact) mass is 424 g/mol. The van der Waals surface area contributed by atoms with Crippen LogP contribution in [-0.2, 0) is 6.54 Å². The van der Waals surface area contributed by atoms with Gasteiger partial charge in [0.1, 0.15) is 6.04 Å². The van der Waals surface area contributed by atoms with Crippen LogP contribution in [0, 0.1) is 0 Å². The highest BCUT2D eigenvalue weighted by Crippen LogP contribution is 2.33. The zero-order chi connectivity index (χ0) is 21.6. The molecular formula is C24H32N4O3. The van der Waals surface area contributed by atoms with Gasteiger partial charge in [0, 0.05) is 35.8 Å². The molecule has 1 aliphatic rings. The molecule has 1 atom stereocenters. The molecule has 1 aliphatic heterocycles. The summed E-state index contributed by atoms with van der Waals surface area (Å²) >= 11 is 0. The molecule has 0 bridgehead atoms. The smallest absolute Gasteiger partial charge is 0.407 e. The quantitative estimate of drug-likeness (QED) is 0.388. The highest BCUT2D eigenvalue weighted by atomic mass is 16.5. The summed E-state index contributed by atoms with van der Waals surface area (Å²) in [5.74, 6) is 0.904. The fraction of sp³-hybridized carbons (Fsp3) is 0.542. The van der Waals surface area contributed by atoms with E-state index in [9.17, 15) is 9.90 Å². The van der Waals surface area contributed by atoms with E-state index in [2.05, 4.69) is 40.0 Å². The molecule has 0 spiro atoms. The minimum Gasteiger partial charge on any atom is -0.465 e.